The zero-order chi connectivity index (χ0) is 23.1. The number of hydrazone groups is 1. The first-order valence-corrected chi connectivity index (χ1v) is 12.0. The van der Waals surface area contributed by atoms with Gasteiger partial charge in [0.25, 0.3) is 0 Å². The Morgan fingerprint density at radius 3 is 2.47 bits per heavy atom. The predicted octanol–water partition coefficient (Wildman–Crippen LogP) is 4.02. The SMILES string of the molecule is Cc1ccc(S(=O)(=O)N[C@@H](CC(=O)N/N=C\c2cc(Br)ccc2O)c2ccccc2)cc1. The lowest BCUT2D eigenvalue weighted by Crippen LogP contribution is -2.32. The maximum atomic E-state index is 12.9. The van der Waals surface area contributed by atoms with Crippen molar-refractivity contribution in [3.63, 3.8) is 0 Å². The molecule has 3 aromatic carbocycles. The number of aromatic hydroxyl groups is 1. The van der Waals surface area contributed by atoms with Gasteiger partial charge in [0, 0.05) is 16.5 Å². The van der Waals surface area contributed by atoms with Crippen molar-refractivity contribution >= 4 is 38.1 Å². The average molecular weight is 516 g/mol. The smallest absolute Gasteiger partial charge is 0.242 e. The molecule has 0 aliphatic rings. The van der Waals surface area contributed by atoms with Crippen molar-refractivity contribution in [2.75, 3.05) is 0 Å². The molecule has 9 heteroatoms. The number of aryl methyl sites for hydroxylation is 1. The molecule has 3 rings (SSSR count). The minimum absolute atomic E-state index is 0.0132. The zero-order valence-electron chi connectivity index (χ0n) is 17.2. The number of benzene rings is 3. The molecule has 0 unspecified atom stereocenters. The molecule has 0 spiro atoms. The van der Waals surface area contributed by atoms with E-state index in [9.17, 15) is 18.3 Å². The van der Waals surface area contributed by atoms with Crippen molar-refractivity contribution in [1.82, 2.24) is 10.1 Å². The number of sulfonamides is 1. The third-order valence-corrected chi connectivity index (χ3v) is 6.58. The fourth-order valence-corrected chi connectivity index (χ4v) is 4.52. The lowest BCUT2D eigenvalue weighted by molar-refractivity contribution is -0.121. The second-order valence-electron chi connectivity index (χ2n) is 7.10. The van der Waals surface area contributed by atoms with Crippen molar-refractivity contribution in [3.05, 3.63) is 94.0 Å². The molecular formula is C23H22BrN3O4S. The Kier molecular flexibility index (Phi) is 7.79. The van der Waals surface area contributed by atoms with Crippen molar-refractivity contribution in [1.29, 1.82) is 0 Å². The van der Waals surface area contributed by atoms with Gasteiger partial charge in [0.1, 0.15) is 5.75 Å². The van der Waals surface area contributed by atoms with Crippen LogP contribution in [0.1, 0.15) is 29.2 Å². The van der Waals surface area contributed by atoms with Crippen LogP contribution in [0.15, 0.2) is 87.3 Å². The standard InChI is InChI=1S/C23H22BrN3O4S/c1-16-7-10-20(11-8-16)32(30,31)27-21(17-5-3-2-4-6-17)14-23(29)26-25-15-18-13-19(24)9-12-22(18)28/h2-13,15,21,27-28H,14H2,1H3,(H,26,29)/b25-15-/t21-/m0/s1. The highest BCUT2D eigenvalue weighted by atomic mass is 79.9. The van der Waals surface area contributed by atoms with Crippen LogP contribution in [-0.4, -0.2) is 25.6 Å². The van der Waals surface area contributed by atoms with Gasteiger partial charge in [-0.1, -0.05) is 64.0 Å². The van der Waals surface area contributed by atoms with Crippen LogP contribution in [-0.2, 0) is 14.8 Å². The molecular weight excluding hydrogens is 494 g/mol. The number of phenols is 1. The summed E-state index contributed by atoms with van der Waals surface area (Å²) in [5.74, 6) is -0.476. The molecule has 0 radical (unpaired) electrons. The minimum Gasteiger partial charge on any atom is -0.507 e. The van der Waals surface area contributed by atoms with Crippen LogP contribution < -0.4 is 10.1 Å². The molecule has 0 saturated heterocycles. The van der Waals surface area contributed by atoms with Crippen molar-refractivity contribution < 1.29 is 18.3 Å². The summed E-state index contributed by atoms with van der Waals surface area (Å²) >= 11 is 3.30. The lowest BCUT2D eigenvalue weighted by atomic mass is 10.0. The first-order valence-electron chi connectivity index (χ1n) is 9.69. The topological polar surface area (TPSA) is 108 Å². The third-order valence-electron chi connectivity index (χ3n) is 4.60. The Labute approximate surface area is 195 Å². The number of nitrogens with one attached hydrogen (secondary N) is 2. The van der Waals surface area contributed by atoms with Gasteiger partial charge in [-0.25, -0.2) is 18.6 Å². The van der Waals surface area contributed by atoms with Gasteiger partial charge < -0.3 is 5.11 Å². The van der Waals surface area contributed by atoms with Gasteiger partial charge >= 0.3 is 0 Å². The van der Waals surface area contributed by atoms with Gasteiger partial charge in [0.2, 0.25) is 15.9 Å². The van der Waals surface area contributed by atoms with Crippen molar-refractivity contribution in [2.24, 2.45) is 5.10 Å². The number of carbonyl (C=O) groups excluding carboxylic acids is 1. The molecule has 1 amide bonds. The second kappa shape index (κ2) is 10.5. The molecule has 1 atom stereocenters. The van der Waals surface area contributed by atoms with Crippen LogP contribution in [0.25, 0.3) is 0 Å². The molecule has 0 aromatic heterocycles. The zero-order valence-corrected chi connectivity index (χ0v) is 19.6. The Morgan fingerprint density at radius 2 is 1.78 bits per heavy atom. The number of rotatable bonds is 8. The Morgan fingerprint density at radius 1 is 1.09 bits per heavy atom. The van der Waals surface area contributed by atoms with Gasteiger partial charge in [0.15, 0.2) is 0 Å². The van der Waals surface area contributed by atoms with Gasteiger partial charge in [-0.3, -0.25) is 4.79 Å². The predicted molar refractivity (Wildman–Crippen MR) is 127 cm³/mol. The van der Waals surface area contributed by atoms with E-state index in [0.717, 1.165) is 10.0 Å². The first-order chi connectivity index (χ1) is 15.2. The molecule has 0 heterocycles. The number of amides is 1. The van der Waals surface area contributed by atoms with Gasteiger partial charge in [-0.05, 0) is 42.8 Å². The monoisotopic (exact) mass is 515 g/mol. The minimum atomic E-state index is -3.85. The molecule has 0 bridgehead atoms. The fourth-order valence-electron chi connectivity index (χ4n) is 2.92. The van der Waals surface area contributed by atoms with E-state index in [1.807, 2.05) is 13.0 Å². The van der Waals surface area contributed by atoms with Crippen LogP contribution >= 0.6 is 15.9 Å². The molecule has 0 fully saturated rings. The van der Waals surface area contributed by atoms with E-state index in [0.29, 0.717) is 11.1 Å². The van der Waals surface area contributed by atoms with E-state index >= 15 is 0 Å². The normalized spacial score (nSPS) is 12.6. The molecule has 32 heavy (non-hydrogen) atoms. The second-order valence-corrected chi connectivity index (χ2v) is 9.73. The van der Waals surface area contributed by atoms with E-state index in [2.05, 4.69) is 31.2 Å². The largest absolute Gasteiger partial charge is 0.507 e. The number of hydrogen-bond donors (Lipinski definition) is 3. The van der Waals surface area contributed by atoms with Gasteiger partial charge in [-0.2, -0.15) is 5.10 Å². The number of hydrogen-bond acceptors (Lipinski definition) is 5. The van der Waals surface area contributed by atoms with Crippen molar-refractivity contribution in [2.45, 2.75) is 24.3 Å². The molecule has 3 N–H and O–H groups in total. The lowest BCUT2D eigenvalue weighted by Gasteiger charge is -2.18. The summed E-state index contributed by atoms with van der Waals surface area (Å²) in [6.07, 6.45) is 1.14. The highest BCUT2D eigenvalue weighted by molar-refractivity contribution is 9.10. The van der Waals surface area contributed by atoms with E-state index in [1.165, 1.54) is 24.4 Å². The molecule has 7 nitrogen and oxygen atoms in total. The molecule has 3 aromatic rings. The van der Waals surface area contributed by atoms with E-state index in [-0.39, 0.29) is 17.1 Å². The van der Waals surface area contributed by atoms with Crippen LogP contribution in [0.4, 0.5) is 0 Å². The number of phenolic OH excluding ortho intramolecular Hbond substituents is 1. The molecule has 0 aliphatic carbocycles. The summed E-state index contributed by atoms with van der Waals surface area (Å²) in [5, 5.41) is 13.7. The number of nitrogens with zero attached hydrogens (tertiary/aromatic N) is 1. The Hall–Kier alpha value is -3.01. The first kappa shape index (κ1) is 23.6. The van der Waals surface area contributed by atoms with Crippen LogP contribution in [0, 0.1) is 6.92 Å². The van der Waals surface area contributed by atoms with E-state index < -0.39 is 22.0 Å². The van der Waals surface area contributed by atoms with Crippen molar-refractivity contribution in [3.8, 4) is 5.75 Å². The highest BCUT2D eigenvalue weighted by Crippen LogP contribution is 2.22. The van der Waals surface area contributed by atoms with Crippen LogP contribution in [0.3, 0.4) is 0 Å². The molecule has 166 valence electrons. The number of carbonyl (C=O) groups is 1. The average Bonchev–Trinajstić information content (AvgIpc) is 2.76. The summed E-state index contributed by atoms with van der Waals surface area (Å²) in [6, 6.07) is 19.3. The molecule has 0 aliphatic heterocycles. The van der Waals surface area contributed by atoms with Gasteiger partial charge in [-0.15, -0.1) is 0 Å². The maximum absolute atomic E-state index is 12.9. The van der Waals surface area contributed by atoms with E-state index in [4.69, 9.17) is 0 Å². The molecule has 0 saturated carbocycles. The maximum Gasteiger partial charge on any atom is 0.242 e. The Bertz CT molecular complexity index is 1210. The van der Waals surface area contributed by atoms with Crippen LogP contribution in [0.5, 0.6) is 5.75 Å². The summed E-state index contributed by atoms with van der Waals surface area (Å²) in [7, 11) is -3.85. The highest BCUT2D eigenvalue weighted by Gasteiger charge is 2.23. The quantitative estimate of drug-likeness (QED) is 0.311. The van der Waals surface area contributed by atoms with Gasteiger partial charge in [0.05, 0.1) is 17.2 Å². The van der Waals surface area contributed by atoms with Crippen LogP contribution in [0.2, 0.25) is 0 Å². The number of halogens is 1. The Balaban J connectivity index is 1.75. The summed E-state index contributed by atoms with van der Waals surface area (Å²) in [5.41, 5.74) is 4.38. The third kappa shape index (κ3) is 6.49. The summed E-state index contributed by atoms with van der Waals surface area (Å²) in [4.78, 5) is 12.6. The fraction of sp³-hybridized carbons (Fsp3) is 0.130. The van der Waals surface area contributed by atoms with E-state index in [1.54, 1.807) is 48.5 Å². The summed E-state index contributed by atoms with van der Waals surface area (Å²) < 4.78 is 29.1. The summed E-state index contributed by atoms with van der Waals surface area (Å²) in [6.45, 7) is 1.87.